The van der Waals surface area contributed by atoms with Crippen molar-refractivity contribution in [2.24, 2.45) is 5.92 Å². The first-order valence-corrected chi connectivity index (χ1v) is 11.0. The Labute approximate surface area is 181 Å². The Morgan fingerprint density at radius 2 is 1.97 bits per heavy atom. The van der Waals surface area contributed by atoms with Crippen LogP contribution in [-0.2, 0) is 16.0 Å². The van der Waals surface area contributed by atoms with Crippen LogP contribution < -0.4 is 0 Å². The molecule has 8 heteroatoms. The van der Waals surface area contributed by atoms with Crippen molar-refractivity contribution in [1.82, 2.24) is 0 Å². The summed E-state index contributed by atoms with van der Waals surface area (Å²) in [6.07, 6.45) is 1.36. The summed E-state index contributed by atoms with van der Waals surface area (Å²) < 4.78 is 19.7. The van der Waals surface area contributed by atoms with Gasteiger partial charge >= 0.3 is 5.97 Å². The quantitative estimate of drug-likeness (QED) is 0.346. The number of carbonyl (C=O) groups is 1. The molecule has 30 heavy (non-hydrogen) atoms. The minimum absolute atomic E-state index is 0.0630. The van der Waals surface area contributed by atoms with E-state index in [1.807, 2.05) is 0 Å². The molecule has 2 rings (SSSR count). The fraction of sp³-hybridized carbons (Fsp3) is 0.682. The summed E-state index contributed by atoms with van der Waals surface area (Å²) in [5, 5.41) is 39.5. The molecule has 5 atom stereocenters. The first-order valence-electron chi connectivity index (χ1n) is 10.6. The van der Waals surface area contributed by atoms with E-state index in [0.29, 0.717) is 50.7 Å². The second-order valence-corrected chi connectivity index (χ2v) is 8.46. The predicted octanol–water partition coefficient (Wildman–Crippen LogP) is 3.32. The predicted molar refractivity (Wildman–Crippen MR) is 111 cm³/mol. The molecule has 1 aromatic carbocycles. The highest BCUT2D eigenvalue weighted by atomic mass is 35.5. The summed E-state index contributed by atoms with van der Waals surface area (Å²) in [5.41, 5.74) is 0.460. The van der Waals surface area contributed by atoms with Crippen LogP contribution in [0.3, 0.4) is 0 Å². The van der Waals surface area contributed by atoms with E-state index >= 15 is 0 Å². The Balaban J connectivity index is 1.74. The third kappa shape index (κ3) is 7.78. The highest BCUT2D eigenvalue weighted by Crippen LogP contribution is 2.33. The number of aliphatic hydroxyl groups excluding tert-OH is 3. The number of carboxylic acid groups (broad SMARTS) is 1. The summed E-state index contributed by atoms with van der Waals surface area (Å²) in [4.78, 5) is 10.5. The number of unbranched alkanes of at least 4 members (excludes halogenated alkanes) is 2. The number of rotatable bonds is 13. The zero-order chi connectivity index (χ0) is 22.1. The van der Waals surface area contributed by atoms with Crippen LogP contribution in [0, 0.1) is 11.7 Å². The molecule has 6 nitrogen and oxygen atoms in total. The summed E-state index contributed by atoms with van der Waals surface area (Å²) in [6.45, 7) is 0.390. The lowest BCUT2D eigenvalue weighted by Crippen LogP contribution is -2.32. The Hall–Kier alpha value is -1.25. The van der Waals surface area contributed by atoms with Crippen LogP contribution in [-0.4, -0.2) is 57.4 Å². The molecular weight excluding hydrogens is 415 g/mol. The minimum Gasteiger partial charge on any atom is -0.481 e. The lowest BCUT2D eigenvalue weighted by Gasteiger charge is -2.25. The molecular formula is C22H32ClFO6. The Kier molecular flexibility index (Phi) is 10.5. The zero-order valence-corrected chi connectivity index (χ0v) is 17.8. The lowest BCUT2D eigenvalue weighted by atomic mass is 9.93. The van der Waals surface area contributed by atoms with Gasteiger partial charge in [0.05, 0.1) is 29.4 Å². The third-order valence-corrected chi connectivity index (χ3v) is 6.03. The maximum absolute atomic E-state index is 13.9. The molecule has 0 saturated heterocycles. The van der Waals surface area contributed by atoms with Crippen molar-refractivity contribution in [3.63, 3.8) is 0 Å². The van der Waals surface area contributed by atoms with E-state index in [1.54, 1.807) is 12.1 Å². The van der Waals surface area contributed by atoms with E-state index in [1.165, 1.54) is 6.07 Å². The molecule has 0 aromatic heterocycles. The van der Waals surface area contributed by atoms with Gasteiger partial charge in [-0.1, -0.05) is 30.2 Å². The van der Waals surface area contributed by atoms with Gasteiger partial charge in [-0.3, -0.25) is 4.79 Å². The number of aryl methyl sites for hydroxylation is 1. The molecule has 0 heterocycles. The van der Waals surface area contributed by atoms with Gasteiger partial charge in [-0.05, 0) is 50.2 Å². The SMILES string of the molecule is O=C(O)CCCCCOC1C(CCC(O)CCc2cccc(Cl)c2F)[C@H](O)C[C@@H]1O. The number of hydrogen-bond acceptors (Lipinski definition) is 5. The number of aliphatic hydroxyl groups is 3. The van der Waals surface area contributed by atoms with Crippen molar-refractivity contribution in [2.75, 3.05) is 6.61 Å². The van der Waals surface area contributed by atoms with Crippen molar-refractivity contribution in [3.8, 4) is 0 Å². The second-order valence-electron chi connectivity index (χ2n) is 8.06. The maximum Gasteiger partial charge on any atom is 0.303 e. The smallest absolute Gasteiger partial charge is 0.303 e. The maximum atomic E-state index is 13.9. The van der Waals surface area contributed by atoms with Gasteiger partial charge in [0, 0.05) is 25.4 Å². The first-order chi connectivity index (χ1) is 14.3. The summed E-state index contributed by atoms with van der Waals surface area (Å²) in [5.74, 6) is -1.56. The van der Waals surface area contributed by atoms with E-state index in [9.17, 15) is 24.5 Å². The van der Waals surface area contributed by atoms with E-state index in [-0.39, 0.29) is 23.8 Å². The van der Waals surface area contributed by atoms with Crippen LogP contribution in [0.4, 0.5) is 4.39 Å². The fourth-order valence-electron chi connectivity index (χ4n) is 4.02. The van der Waals surface area contributed by atoms with Crippen LogP contribution >= 0.6 is 11.6 Å². The number of ether oxygens (including phenoxy) is 1. The van der Waals surface area contributed by atoms with Crippen molar-refractivity contribution in [2.45, 2.75) is 82.2 Å². The minimum atomic E-state index is -0.818. The first kappa shape index (κ1) is 25.0. The molecule has 0 spiro atoms. The zero-order valence-electron chi connectivity index (χ0n) is 17.1. The summed E-state index contributed by atoms with van der Waals surface area (Å²) in [7, 11) is 0. The highest BCUT2D eigenvalue weighted by molar-refractivity contribution is 6.30. The molecule has 4 N–H and O–H groups in total. The van der Waals surface area contributed by atoms with Crippen LogP contribution in [0.15, 0.2) is 18.2 Å². The Morgan fingerprint density at radius 3 is 2.70 bits per heavy atom. The standard InChI is InChI=1S/C22H32ClFO6/c23-17-6-4-5-14(21(17)24)8-9-15(25)10-11-16-18(26)13-19(27)22(16)30-12-3-1-2-7-20(28)29/h4-6,15-16,18-19,22,25-27H,1-3,7-13H2,(H,28,29)/t15?,16?,18-,19+,22?/m1/s1. The molecule has 0 amide bonds. The Morgan fingerprint density at radius 1 is 1.20 bits per heavy atom. The van der Waals surface area contributed by atoms with E-state index in [0.717, 1.165) is 6.42 Å². The van der Waals surface area contributed by atoms with Gasteiger partial charge in [0.2, 0.25) is 0 Å². The van der Waals surface area contributed by atoms with Crippen LogP contribution in [0.2, 0.25) is 5.02 Å². The van der Waals surface area contributed by atoms with Gasteiger partial charge in [0.15, 0.2) is 0 Å². The average molecular weight is 447 g/mol. The topological polar surface area (TPSA) is 107 Å². The number of carboxylic acids is 1. The number of aliphatic carboxylic acids is 1. The van der Waals surface area contributed by atoms with E-state index < -0.39 is 36.2 Å². The van der Waals surface area contributed by atoms with Crippen molar-refractivity contribution >= 4 is 17.6 Å². The fourth-order valence-corrected chi connectivity index (χ4v) is 4.21. The summed E-state index contributed by atoms with van der Waals surface area (Å²) >= 11 is 5.78. The van der Waals surface area contributed by atoms with E-state index in [2.05, 4.69) is 0 Å². The van der Waals surface area contributed by atoms with Crippen LogP contribution in [0.5, 0.6) is 0 Å². The largest absolute Gasteiger partial charge is 0.481 e. The van der Waals surface area contributed by atoms with Crippen LogP contribution in [0.1, 0.15) is 56.9 Å². The van der Waals surface area contributed by atoms with Gasteiger partial charge in [-0.2, -0.15) is 0 Å². The number of halogens is 2. The van der Waals surface area contributed by atoms with Crippen molar-refractivity contribution in [1.29, 1.82) is 0 Å². The highest BCUT2D eigenvalue weighted by Gasteiger charge is 2.42. The van der Waals surface area contributed by atoms with Gasteiger partial charge in [-0.15, -0.1) is 0 Å². The van der Waals surface area contributed by atoms with Gasteiger partial charge in [0.25, 0.3) is 0 Å². The molecule has 0 bridgehead atoms. The monoisotopic (exact) mass is 446 g/mol. The molecule has 0 radical (unpaired) electrons. The normalized spacial score (nSPS) is 24.8. The molecule has 0 aliphatic heterocycles. The molecule has 3 unspecified atom stereocenters. The average Bonchev–Trinajstić information content (AvgIpc) is 2.96. The molecule has 1 aliphatic carbocycles. The third-order valence-electron chi connectivity index (χ3n) is 5.74. The molecule has 1 aliphatic rings. The Bertz CT molecular complexity index is 673. The molecule has 170 valence electrons. The van der Waals surface area contributed by atoms with Gasteiger partial charge < -0.3 is 25.2 Å². The molecule has 1 aromatic rings. The van der Waals surface area contributed by atoms with E-state index in [4.69, 9.17) is 21.4 Å². The van der Waals surface area contributed by atoms with Gasteiger partial charge in [0.1, 0.15) is 5.82 Å². The van der Waals surface area contributed by atoms with Gasteiger partial charge in [-0.25, -0.2) is 4.39 Å². The number of benzene rings is 1. The number of hydrogen-bond donors (Lipinski definition) is 4. The van der Waals surface area contributed by atoms with Crippen LogP contribution in [0.25, 0.3) is 0 Å². The lowest BCUT2D eigenvalue weighted by molar-refractivity contribution is -0.137. The molecule has 1 saturated carbocycles. The second kappa shape index (κ2) is 12.6. The van der Waals surface area contributed by atoms with Crippen molar-refractivity contribution < 1.29 is 34.3 Å². The summed E-state index contributed by atoms with van der Waals surface area (Å²) in [6, 6.07) is 4.80. The molecule has 1 fully saturated rings. The van der Waals surface area contributed by atoms with Crippen molar-refractivity contribution in [3.05, 3.63) is 34.6 Å².